The van der Waals surface area contributed by atoms with Gasteiger partial charge in [-0.25, -0.2) is 0 Å². The third kappa shape index (κ3) is 2.84. The highest BCUT2D eigenvalue weighted by Gasteiger charge is 2.29. The van der Waals surface area contributed by atoms with Gasteiger partial charge < -0.3 is 15.1 Å². The number of amides is 1. The molecule has 1 amide bonds. The van der Waals surface area contributed by atoms with Gasteiger partial charge in [-0.3, -0.25) is 9.79 Å². The van der Waals surface area contributed by atoms with E-state index in [4.69, 9.17) is 0 Å². The van der Waals surface area contributed by atoms with Crippen molar-refractivity contribution in [1.29, 1.82) is 0 Å². The van der Waals surface area contributed by atoms with Crippen LogP contribution in [0.4, 0.5) is 0 Å². The van der Waals surface area contributed by atoms with Crippen LogP contribution in [0.1, 0.15) is 19.8 Å². The van der Waals surface area contributed by atoms with Crippen molar-refractivity contribution in [2.45, 2.75) is 31.8 Å². The molecule has 0 spiro atoms. The molecule has 2 atom stereocenters. The lowest BCUT2D eigenvalue weighted by Crippen LogP contribution is -2.51. The van der Waals surface area contributed by atoms with E-state index in [-0.39, 0.29) is 11.9 Å². The summed E-state index contributed by atoms with van der Waals surface area (Å²) < 4.78 is 0. The molecule has 2 unspecified atom stereocenters. The molecule has 0 aliphatic carbocycles. The topological polar surface area (TPSA) is 47.9 Å². The van der Waals surface area contributed by atoms with E-state index < -0.39 is 0 Å². The van der Waals surface area contributed by atoms with Gasteiger partial charge in [-0.2, -0.15) is 0 Å². The molecule has 2 heterocycles. The first-order chi connectivity index (χ1) is 8.10. The Hall–Kier alpha value is -0.940. The van der Waals surface area contributed by atoms with Crippen molar-refractivity contribution in [2.24, 2.45) is 4.99 Å². The number of hydrogen-bond donors (Lipinski definition) is 1. The largest absolute Gasteiger partial charge is 0.313 e. The molecule has 1 fully saturated rings. The van der Waals surface area contributed by atoms with E-state index in [0.717, 1.165) is 38.3 Å². The summed E-state index contributed by atoms with van der Waals surface area (Å²) in [6, 6.07) is 0.306. The quantitative estimate of drug-likeness (QED) is 0.749. The average molecular weight is 238 g/mol. The molecule has 0 aromatic rings. The summed E-state index contributed by atoms with van der Waals surface area (Å²) in [6.07, 6.45) is 1.64. The van der Waals surface area contributed by atoms with Gasteiger partial charge >= 0.3 is 0 Å². The maximum Gasteiger partial charge on any atom is 0.250 e. The van der Waals surface area contributed by atoms with Gasteiger partial charge in [-0.1, -0.05) is 6.92 Å². The maximum absolute atomic E-state index is 11.6. The smallest absolute Gasteiger partial charge is 0.250 e. The summed E-state index contributed by atoms with van der Waals surface area (Å²) in [7, 11) is 4.29. The normalized spacial score (nSPS) is 31.5. The molecular formula is C12H22N4O. The zero-order valence-electron chi connectivity index (χ0n) is 10.9. The molecule has 5 heteroatoms. The van der Waals surface area contributed by atoms with Crippen molar-refractivity contribution < 1.29 is 4.79 Å². The first-order valence-electron chi connectivity index (χ1n) is 6.36. The average Bonchev–Trinajstić information content (AvgIpc) is 2.64. The van der Waals surface area contributed by atoms with Gasteiger partial charge in [0, 0.05) is 32.1 Å². The number of rotatable bonds is 3. The molecule has 2 rings (SSSR count). The Bertz CT molecular complexity index is 328. The number of carbonyl (C=O) groups excluding carboxylic acids is 1. The van der Waals surface area contributed by atoms with Crippen LogP contribution in [0.5, 0.6) is 0 Å². The molecule has 17 heavy (non-hydrogen) atoms. The summed E-state index contributed by atoms with van der Waals surface area (Å²) in [4.78, 5) is 20.7. The van der Waals surface area contributed by atoms with E-state index in [1.54, 1.807) is 0 Å². The van der Waals surface area contributed by atoms with Gasteiger partial charge in [-0.15, -0.1) is 0 Å². The predicted molar refractivity (Wildman–Crippen MR) is 68.2 cm³/mol. The van der Waals surface area contributed by atoms with Gasteiger partial charge in [0.1, 0.15) is 11.9 Å². The third-order valence-electron chi connectivity index (χ3n) is 3.68. The fraction of sp³-hybridized carbons (Fsp3) is 0.833. The van der Waals surface area contributed by atoms with Gasteiger partial charge in [-0.05, 0) is 20.5 Å². The number of nitrogens with zero attached hydrogens (tertiary/aromatic N) is 3. The van der Waals surface area contributed by atoms with Crippen LogP contribution in [-0.2, 0) is 4.79 Å². The highest BCUT2D eigenvalue weighted by Crippen LogP contribution is 2.13. The molecule has 0 bridgehead atoms. The molecule has 2 aliphatic rings. The van der Waals surface area contributed by atoms with Crippen LogP contribution < -0.4 is 5.32 Å². The molecule has 0 aromatic carbocycles. The van der Waals surface area contributed by atoms with Crippen molar-refractivity contribution in [3.8, 4) is 0 Å². The number of aliphatic imine (C=N–C) groups is 1. The Morgan fingerprint density at radius 2 is 2.18 bits per heavy atom. The van der Waals surface area contributed by atoms with Crippen LogP contribution in [0.25, 0.3) is 0 Å². The van der Waals surface area contributed by atoms with E-state index in [9.17, 15) is 4.79 Å². The molecule has 96 valence electrons. The van der Waals surface area contributed by atoms with Crippen LogP contribution in [0.15, 0.2) is 4.99 Å². The predicted octanol–water partition coefficient (Wildman–Crippen LogP) is -0.0708. The third-order valence-corrected chi connectivity index (χ3v) is 3.68. The Kier molecular flexibility index (Phi) is 3.79. The molecule has 1 N–H and O–H groups in total. The number of hydrogen-bond acceptors (Lipinski definition) is 4. The van der Waals surface area contributed by atoms with Crippen molar-refractivity contribution in [3.05, 3.63) is 0 Å². The van der Waals surface area contributed by atoms with Crippen LogP contribution in [0.3, 0.4) is 0 Å². The molecular weight excluding hydrogens is 216 g/mol. The Balaban J connectivity index is 1.94. The molecule has 1 saturated heterocycles. The van der Waals surface area contributed by atoms with Gasteiger partial charge in [0.15, 0.2) is 0 Å². The molecule has 0 radical (unpaired) electrons. The maximum atomic E-state index is 11.6. The van der Waals surface area contributed by atoms with E-state index in [1.807, 2.05) is 6.92 Å². The minimum absolute atomic E-state index is 0.0642. The molecule has 0 aromatic heterocycles. The first kappa shape index (κ1) is 12.5. The second-order valence-electron chi connectivity index (χ2n) is 5.09. The molecule has 0 saturated carbocycles. The highest BCUT2D eigenvalue weighted by atomic mass is 16.2. The standard InChI is InChI=1S/C12H22N4O/c1-4-10-12(17)14-11(13-10)7-9-8-15(2)5-6-16(9)3/h9-10H,4-8H2,1-3H3,(H,13,14,17). The Morgan fingerprint density at radius 1 is 1.41 bits per heavy atom. The lowest BCUT2D eigenvalue weighted by atomic mass is 10.1. The minimum atomic E-state index is -0.156. The zero-order valence-corrected chi connectivity index (χ0v) is 10.9. The summed E-state index contributed by atoms with van der Waals surface area (Å²) in [5, 5.41) is 2.90. The van der Waals surface area contributed by atoms with Crippen molar-refractivity contribution >= 4 is 11.7 Å². The first-order valence-corrected chi connectivity index (χ1v) is 6.36. The number of likely N-dealkylation sites (N-methyl/N-ethyl adjacent to an activating group) is 2. The van der Waals surface area contributed by atoms with Gasteiger partial charge in [0.05, 0.1) is 0 Å². The Morgan fingerprint density at radius 3 is 2.82 bits per heavy atom. The molecule has 2 aliphatic heterocycles. The summed E-state index contributed by atoms with van der Waals surface area (Å²) >= 11 is 0. The number of nitrogens with one attached hydrogen (secondary N) is 1. The lowest BCUT2D eigenvalue weighted by Gasteiger charge is -2.37. The van der Waals surface area contributed by atoms with Crippen LogP contribution in [0, 0.1) is 0 Å². The van der Waals surface area contributed by atoms with E-state index in [1.165, 1.54) is 0 Å². The van der Waals surface area contributed by atoms with E-state index >= 15 is 0 Å². The summed E-state index contributed by atoms with van der Waals surface area (Å²) in [6.45, 7) is 5.24. The minimum Gasteiger partial charge on any atom is -0.313 e. The Labute approximate surface area is 103 Å². The van der Waals surface area contributed by atoms with Crippen LogP contribution in [0.2, 0.25) is 0 Å². The SMILES string of the molecule is CCC1N=C(CC2CN(C)CCN2C)NC1=O. The fourth-order valence-corrected chi connectivity index (χ4v) is 2.43. The van der Waals surface area contributed by atoms with Gasteiger partial charge in [0.2, 0.25) is 5.91 Å². The highest BCUT2D eigenvalue weighted by molar-refractivity contribution is 6.05. The van der Waals surface area contributed by atoms with Crippen LogP contribution in [-0.4, -0.2) is 67.4 Å². The number of amidine groups is 1. The zero-order chi connectivity index (χ0) is 12.4. The van der Waals surface area contributed by atoms with Crippen LogP contribution >= 0.6 is 0 Å². The summed E-state index contributed by atoms with van der Waals surface area (Å²) in [5.74, 6) is 0.934. The summed E-state index contributed by atoms with van der Waals surface area (Å²) in [5.41, 5.74) is 0. The van der Waals surface area contributed by atoms with E-state index in [2.05, 4.69) is 34.2 Å². The van der Waals surface area contributed by atoms with E-state index in [0.29, 0.717) is 6.04 Å². The monoisotopic (exact) mass is 238 g/mol. The molecule has 5 nitrogen and oxygen atoms in total. The number of piperazine rings is 1. The van der Waals surface area contributed by atoms with Crippen molar-refractivity contribution in [3.63, 3.8) is 0 Å². The lowest BCUT2D eigenvalue weighted by molar-refractivity contribution is -0.120. The second-order valence-corrected chi connectivity index (χ2v) is 5.09. The van der Waals surface area contributed by atoms with Crippen molar-refractivity contribution in [1.82, 2.24) is 15.1 Å². The second kappa shape index (κ2) is 5.14. The number of carbonyl (C=O) groups is 1. The van der Waals surface area contributed by atoms with Gasteiger partial charge in [0.25, 0.3) is 0 Å². The van der Waals surface area contributed by atoms with Crippen molar-refractivity contribution in [2.75, 3.05) is 33.7 Å². The fourth-order valence-electron chi connectivity index (χ4n) is 2.43.